The summed E-state index contributed by atoms with van der Waals surface area (Å²) < 4.78 is 37.3. The van der Waals surface area contributed by atoms with Gasteiger partial charge in [-0.1, -0.05) is 18.2 Å². The lowest BCUT2D eigenvalue weighted by Crippen LogP contribution is -2.21. The Labute approximate surface area is 198 Å². The van der Waals surface area contributed by atoms with Crippen molar-refractivity contribution in [2.75, 3.05) is 6.54 Å². The van der Waals surface area contributed by atoms with Crippen molar-refractivity contribution in [3.63, 3.8) is 0 Å². The highest BCUT2D eigenvalue weighted by molar-refractivity contribution is 7.14. The van der Waals surface area contributed by atoms with Crippen LogP contribution in [-0.4, -0.2) is 45.6 Å². The quantitative estimate of drug-likeness (QED) is 0.423. The lowest BCUT2D eigenvalue weighted by molar-refractivity contribution is -0.192. The Balaban J connectivity index is 0.000000406. The zero-order valence-corrected chi connectivity index (χ0v) is 18.8. The largest absolute Gasteiger partial charge is 0.490 e. The van der Waals surface area contributed by atoms with Crippen molar-refractivity contribution >= 4 is 40.4 Å². The molecule has 0 fully saturated rings. The number of carboxylic acids is 2. The molecule has 2 aromatic heterocycles. The summed E-state index contributed by atoms with van der Waals surface area (Å²) in [6.45, 7) is 1.69. The molecule has 34 heavy (non-hydrogen) atoms. The number of aliphatic carboxylic acids is 2. The standard InChI is InChI=1S/C19H16N2O4S2.C2HF3O2/c22-16(15-8-11-9-20-7-6-14(11)27-15)13-10-26-18(21-13)17(19(23)24)25-12-4-2-1-3-5-12;3-2(4,5)1(6)7/h1-5,8,10,17,20H,6-7,9H2,(H,23,24);(H,6,7). The van der Waals surface area contributed by atoms with Gasteiger partial charge in [0.05, 0.1) is 4.88 Å². The summed E-state index contributed by atoms with van der Waals surface area (Å²) >= 11 is 2.61. The van der Waals surface area contributed by atoms with Crippen LogP contribution in [0.3, 0.4) is 0 Å². The summed E-state index contributed by atoms with van der Waals surface area (Å²) in [5, 5.41) is 21.8. The van der Waals surface area contributed by atoms with E-state index >= 15 is 0 Å². The average Bonchev–Trinajstić information content (AvgIpc) is 3.45. The Morgan fingerprint density at radius 1 is 1.15 bits per heavy atom. The number of benzene rings is 1. The Morgan fingerprint density at radius 3 is 2.41 bits per heavy atom. The lowest BCUT2D eigenvalue weighted by Gasteiger charge is -2.12. The number of halogens is 3. The number of hydrogen-bond acceptors (Lipinski definition) is 8. The van der Waals surface area contributed by atoms with E-state index in [4.69, 9.17) is 14.6 Å². The zero-order chi connectivity index (χ0) is 24.9. The molecule has 1 unspecified atom stereocenters. The van der Waals surface area contributed by atoms with Crippen molar-refractivity contribution in [3.8, 4) is 5.75 Å². The molecule has 8 nitrogen and oxygen atoms in total. The van der Waals surface area contributed by atoms with E-state index < -0.39 is 24.2 Å². The Bertz CT molecular complexity index is 1150. The molecule has 3 aromatic rings. The first-order valence-corrected chi connectivity index (χ1v) is 11.3. The number of ether oxygens (including phenoxy) is 1. The van der Waals surface area contributed by atoms with Gasteiger partial charge in [-0.3, -0.25) is 4.79 Å². The molecule has 0 saturated carbocycles. The zero-order valence-electron chi connectivity index (χ0n) is 17.2. The molecule has 0 aliphatic carbocycles. The fourth-order valence-electron chi connectivity index (χ4n) is 2.84. The third-order valence-electron chi connectivity index (χ3n) is 4.41. The Morgan fingerprint density at radius 2 is 1.82 bits per heavy atom. The van der Waals surface area contributed by atoms with Gasteiger partial charge in [-0.15, -0.1) is 22.7 Å². The number of hydrogen-bond donors (Lipinski definition) is 3. The third-order valence-corrected chi connectivity index (χ3v) is 6.53. The molecule has 3 N–H and O–H groups in total. The van der Waals surface area contributed by atoms with Crippen molar-refractivity contribution in [3.05, 3.63) is 67.8 Å². The molecule has 0 bridgehead atoms. The highest BCUT2D eigenvalue weighted by atomic mass is 32.1. The summed E-state index contributed by atoms with van der Waals surface area (Å²) in [6.07, 6.45) is -5.42. The SMILES string of the molecule is O=C(O)C(F)(F)F.O=C(c1csc(C(Oc2ccccc2)C(=O)O)n1)c1cc2c(s1)CCNC2. The normalized spacial score (nSPS) is 13.7. The maximum Gasteiger partial charge on any atom is 0.490 e. The van der Waals surface area contributed by atoms with E-state index in [1.54, 1.807) is 29.6 Å². The number of carbonyl (C=O) groups is 3. The minimum absolute atomic E-state index is 0.180. The minimum atomic E-state index is -5.08. The molecular formula is C21H17F3N2O6S2. The van der Waals surface area contributed by atoms with Crippen LogP contribution in [0.4, 0.5) is 13.2 Å². The first-order valence-electron chi connectivity index (χ1n) is 9.63. The van der Waals surface area contributed by atoms with E-state index in [1.807, 2.05) is 12.1 Å². The van der Waals surface area contributed by atoms with Crippen LogP contribution >= 0.6 is 22.7 Å². The molecule has 1 aliphatic heterocycles. The summed E-state index contributed by atoms with van der Waals surface area (Å²) in [5.41, 5.74) is 1.41. The number of carboxylic acid groups (broad SMARTS) is 2. The molecule has 1 aromatic carbocycles. The van der Waals surface area contributed by atoms with Gasteiger partial charge < -0.3 is 20.3 Å². The van der Waals surface area contributed by atoms with Gasteiger partial charge in [-0.2, -0.15) is 13.2 Å². The number of nitrogens with zero attached hydrogens (tertiary/aromatic N) is 1. The van der Waals surface area contributed by atoms with Gasteiger partial charge in [-0.05, 0) is 30.2 Å². The van der Waals surface area contributed by atoms with Crippen LogP contribution in [0.5, 0.6) is 5.75 Å². The van der Waals surface area contributed by atoms with Gasteiger partial charge >= 0.3 is 18.1 Å². The molecule has 1 atom stereocenters. The number of thiazole rings is 1. The lowest BCUT2D eigenvalue weighted by atomic mass is 10.1. The second-order valence-corrected chi connectivity index (χ2v) is 8.86. The van der Waals surface area contributed by atoms with Gasteiger partial charge in [0.15, 0.2) is 0 Å². The summed E-state index contributed by atoms with van der Waals surface area (Å²) in [4.78, 5) is 39.4. The van der Waals surface area contributed by atoms with Crippen LogP contribution in [0.2, 0.25) is 0 Å². The molecule has 13 heteroatoms. The molecule has 0 saturated heterocycles. The van der Waals surface area contributed by atoms with Crippen LogP contribution in [0, 0.1) is 0 Å². The highest BCUT2D eigenvalue weighted by Gasteiger charge is 2.38. The van der Waals surface area contributed by atoms with Crippen molar-refractivity contribution in [1.29, 1.82) is 0 Å². The minimum Gasteiger partial charge on any atom is -0.478 e. The monoisotopic (exact) mass is 514 g/mol. The summed E-state index contributed by atoms with van der Waals surface area (Å²) in [7, 11) is 0. The topological polar surface area (TPSA) is 126 Å². The maximum atomic E-state index is 12.8. The number of aromatic nitrogens is 1. The molecular weight excluding hydrogens is 497 g/mol. The van der Waals surface area contributed by atoms with E-state index in [9.17, 15) is 27.9 Å². The molecule has 0 radical (unpaired) electrons. The second-order valence-electron chi connectivity index (χ2n) is 6.84. The van der Waals surface area contributed by atoms with E-state index in [0.717, 1.165) is 36.4 Å². The van der Waals surface area contributed by atoms with Crippen LogP contribution in [0.1, 0.15) is 36.9 Å². The Hall–Kier alpha value is -3.29. The first-order chi connectivity index (χ1) is 16.1. The van der Waals surface area contributed by atoms with E-state index in [0.29, 0.717) is 10.6 Å². The molecule has 1 aliphatic rings. The van der Waals surface area contributed by atoms with E-state index in [1.165, 1.54) is 16.2 Å². The number of thiophene rings is 1. The maximum absolute atomic E-state index is 12.8. The third kappa shape index (κ3) is 6.40. The van der Waals surface area contributed by atoms with Gasteiger partial charge in [0.1, 0.15) is 16.5 Å². The number of para-hydroxylation sites is 1. The number of alkyl halides is 3. The average molecular weight is 515 g/mol. The predicted octanol–water partition coefficient (Wildman–Crippen LogP) is 3.92. The van der Waals surface area contributed by atoms with Crippen LogP contribution < -0.4 is 10.1 Å². The smallest absolute Gasteiger partial charge is 0.478 e. The second kappa shape index (κ2) is 10.8. The van der Waals surface area contributed by atoms with Gasteiger partial charge in [0, 0.05) is 23.3 Å². The number of rotatable bonds is 6. The van der Waals surface area contributed by atoms with Crippen LogP contribution in [0.25, 0.3) is 0 Å². The molecule has 0 amide bonds. The molecule has 4 rings (SSSR count). The van der Waals surface area contributed by atoms with Crippen molar-refractivity contribution in [1.82, 2.24) is 10.3 Å². The Kier molecular flexibility index (Phi) is 8.02. The molecule has 3 heterocycles. The van der Waals surface area contributed by atoms with Gasteiger partial charge in [-0.25, -0.2) is 14.6 Å². The van der Waals surface area contributed by atoms with E-state index in [-0.39, 0.29) is 16.5 Å². The summed E-state index contributed by atoms with van der Waals surface area (Å²) in [5.74, 6) is -3.65. The van der Waals surface area contributed by atoms with Crippen LogP contribution in [-0.2, 0) is 22.6 Å². The number of nitrogens with one attached hydrogen (secondary N) is 1. The van der Waals surface area contributed by atoms with Crippen molar-refractivity contribution in [2.45, 2.75) is 25.2 Å². The van der Waals surface area contributed by atoms with Gasteiger partial charge in [0.2, 0.25) is 11.9 Å². The predicted molar refractivity (Wildman–Crippen MR) is 116 cm³/mol. The molecule has 180 valence electrons. The van der Waals surface area contributed by atoms with Crippen molar-refractivity contribution in [2.24, 2.45) is 0 Å². The fraction of sp³-hybridized carbons (Fsp3) is 0.238. The first kappa shape index (κ1) is 25.3. The van der Waals surface area contributed by atoms with E-state index in [2.05, 4.69) is 10.3 Å². The van der Waals surface area contributed by atoms with Gasteiger partial charge in [0.25, 0.3) is 0 Å². The fourth-order valence-corrected chi connectivity index (χ4v) is 4.79. The van der Waals surface area contributed by atoms with Crippen LogP contribution in [0.15, 0.2) is 41.8 Å². The number of ketones is 1. The highest BCUT2D eigenvalue weighted by Crippen LogP contribution is 2.29. The summed E-state index contributed by atoms with van der Waals surface area (Å²) in [6, 6.07) is 10.6. The molecule has 0 spiro atoms. The number of fused-ring (bicyclic) bond motifs is 1. The number of carbonyl (C=O) groups excluding carboxylic acids is 1. The van der Waals surface area contributed by atoms with Crippen molar-refractivity contribution < 1.29 is 42.5 Å².